The van der Waals surface area contributed by atoms with Gasteiger partial charge in [-0.05, 0) is 43.7 Å². The van der Waals surface area contributed by atoms with Crippen LogP contribution in [0.1, 0.15) is 38.8 Å². The first-order valence-corrected chi connectivity index (χ1v) is 10.2. The van der Waals surface area contributed by atoms with Gasteiger partial charge in [0.25, 0.3) is 0 Å². The lowest BCUT2D eigenvalue weighted by atomic mass is 9.93. The number of hydrogen-bond donors (Lipinski definition) is 1. The van der Waals surface area contributed by atoms with Gasteiger partial charge in [-0.25, -0.2) is 13.8 Å². The van der Waals surface area contributed by atoms with Crippen LogP contribution in [0.4, 0.5) is 14.5 Å². The number of carboxylic acids is 1. The van der Waals surface area contributed by atoms with Crippen molar-refractivity contribution >= 4 is 11.7 Å². The fourth-order valence-corrected chi connectivity index (χ4v) is 3.60. The molecule has 0 radical (unpaired) electrons. The Morgan fingerprint density at radius 1 is 1.20 bits per heavy atom. The smallest absolute Gasteiger partial charge is 0.303 e. The molecular formula is C22H27F2N3O3. The lowest BCUT2D eigenvalue weighted by Crippen LogP contribution is -2.35. The van der Waals surface area contributed by atoms with Crippen LogP contribution in [0.25, 0.3) is 11.4 Å². The Hall–Kier alpha value is -2.77. The van der Waals surface area contributed by atoms with E-state index < -0.39 is 17.6 Å². The van der Waals surface area contributed by atoms with Crippen molar-refractivity contribution in [3.05, 3.63) is 35.5 Å². The zero-order valence-electron chi connectivity index (χ0n) is 17.5. The Bertz CT molecular complexity index is 889. The Morgan fingerprint density at radius 2 is 1.83 bits per heavy atom. The number of aliphatic carboxylic acids is 1. The topological polar surface area (TPSA) is 75.5 Å². The van der Waals surface area contributed by atoms with Crippen molar-refractivity contribution in [1.29, 1.82) is 0 Å². The number of rotatable bonds is 7. The molecule has 1 aliphatic rings. The number of ether oxygens (including phenoxy) is 1. The van der Waals surface area contributed by atoms with Crippen LogP contribution in [-0.4, -0.2) is 40.7 Å². The normalized spacial score (nSPS) is 14.9. The van der Waals surface area contributed by atoms with Crippen LogP contribution in [0.15, 0.2) is 18.2 Å². The van der Waals surface area contributed by atoms with Gasteiger partial charge in [-0.15, -0.1) is 0 Å². The van der Waals surface area contributed by atoms with Gasteiger partial charge >= 0.3 is 5.97 Å². The Balaban J connectivity index is 1.81. The molecule has 1 fully saturated rings. The number of piperidine rings is 1. The summed E-state index contributed by atoms with van der Waals surface area (Å²) in [5, 5.41) is 8.92. The Morgan fingerprint density at radius 3 is 2.40 bits per heavy atom. The Kier molecular flexibility index (Phi) is 6.84. The van der Waals surface area contributed by atoms with E-state index in [1.54, 1.807) is 17.9 Å². The molecule has 1 aliphatic heterocycles. The van der Waals surface area contributed by atoms with Gasteiger partial charge in [0.2, 0.25) is 5.88 Å². The van der Waals surface area contributed by atoms with Crippen LogP contribution in [0.5, 0.6) is 5.88 Å². The van der Waals surface area contributed by atoms with Gasteiger partial charge in [0.05, 0.1) is 6.61 Å². The van der Waals surface area contributed by atoms with Crippen LogP contribution < -0.4 is 9.64 Å². The second kappa shape index (κ2) is 9.36. The summed E-state index contributed by atoms with van der Waals surface area (Å²) >= 11 is 0. The summed E-state index contributed by atoms with van der Waals surface area (Å²) in [5.74, 6) is -1.28. The van der Waals surface area contributed by atoms with E-state index >= 15 is 0 Å². The van der Waals surface area contributed by atoms with Gasteiger partial charge in [-0.1, -0.05) is 13.8 Å². The zero-order chi connectivity index (χ0) is 21.8. The number of aromatic nitrogens is 2. The molecule has 30 heavy (non-hydrogen) atoms. The fourth-order valence-electron chi connectivity index (χ4n) is 3.60. The quantitative estimate of drug-likeness (QED) is 0.714. The highest BCUT2D eigenvalue weighted by Crippen LogP contribution is 2.32. The zero-order valence-corrected chi connectivity index (χ0v) is 17.5. The highest BCUT2D eigenvalue weighted by molar-refractivity contribution is 5.67. The molecule has 0 saturated carbocycles. The molecule has 1 aromatic heterocycles. The molecule has 1 aromatic carbocycles. The first-order chi connectivity index (χ1) is 14.2. The molecule has 6 nitrogen and oxygen atoms in total. The molecule has 0 atom stereocenters. The molecule has 0 spiro atoms. The number of anilines is 1. The minimum Gasteiger partial charge on any atom is -0.481 e. The average molecular weight is 419 g/mol. The second-order valence-corrected chi connectivity index (χ2v) is 8.19. The van der Waals surface area contributed by atoms with Gasteiger partial charge in [0, 0.05) is 36.8 Å². The van der Waals surface area contributed by atoms with Gasteiger partial charge in [0.1, 0.15) is 17.3 Å². The number of carbonyl (C=O) groups is 1. The number of carboxylic acid groups (broad SMARTS) is 1. The maximum absolute atomic E-state index is 14.9. The first kappa shape index (κ1) is 21.9. The van der Waals surface area contributed by atoms with Crippen molar-refractivity contribution < 1.29 is 23.4 Å². The number of nitrogens with zero attached hydrogens (tertiary/aromatic N) is 3. The van der Waals surface area contributed by atoms with E-state index in [4.69, 9.17) is 9.84 Å². The molecule has 162 valence electrons. The summed E-state index contributed by atoms with van der Waals surface area (Å²) in [5.41, 5.74) is 0.799. The lowest BCUT2D eigenvalue weighted by Gasteiger charge is -2.33. The van der Waals surface area contributed by atoms with Crippen molar-refractivity contribution in [2.45, 2.75) is 40.0 Å². The number of hydrogen-bond acceptors (Lipinski definition) is 5. The molecule has 8 heteroatoms. The Labute approximate surface area is 174 Å². The van der Waals surface area contributed by atoms with Crippen LogP contribution in [0.3, 0.4) is 0 Å². The third kappa shape index (κ3) is 5.43. The van der Waals surface area contributed by atoms with Gasteiger partial charge in [0.15, 0.2) is 5.82 Å². The maximum atomic E-state index is 14.9. The average Bonchev–Trinajstić information content (AvgIpc) is 2.66. The molecule has 0 bridgehead atoms. The van der Waals surface area contributed by atoms with E-state index in [0.29, 0.717) is 50.0 Å². The van der Waals surface area contributed by atoms with Crippen molar-refractivity contribution in [2.24, 2.45) is 11.8 Å². The minimum absolute atomic E-state index is 0.0362. The fraction of sp³-hybridized carbons (Fsp3) is 0.500. The summed E-state index contributed by atoms with van der Waals surface area (Å²) in [6.07, 6.45) is 1.26. The van der Waals surface area contributed by atoms with Crippen molar-refractivity contribution in [3.8, 4) is 17.3 Å². The SMILES string of the molecule is Cc1cc(OCC(C)C)nc(-c2cc(F)c(N3CCC(CC(=O)O)CC3)c(F)c2)n1. The lowest BCUT2D eigenvalue weighted by molar-refractivity contribution is -0.138. The van der Waals surface area contributed by atoms with Crippen LogP contribution in [0, 0.1) is 30.4 Å². The molecule has 1 N–H and O–H groups in total. The number of benzene rings is 1. The number of halogens is 2. The van der Waals surface area contributed by atoms with E-state index in [9.17, 15) is 13.6 Å². The summed E-state index contributed by atoms with van der Waals surface area (Å²) in [4.78, 5) is 21.1. The van der Waals surface area contributed by atoms with Crippen LogP contribution in [0.2, 0.25) is 0 Å². The van der Waals surface area contributed by atoms with Gasteiger partial charge in [-0.2, -0.15) is 4.98 Å². The molecule has 3 rings (SSSR count). The summed E-state index contributed by atoms with van der Waals surface area (Å²) in [7, 11) is 0. The second-order valence-electron chi connectivity index (χ2n) is 8.19. The molecular weight excluding hydrogens is 392 g/mol. The maximum Gasteiger partial charge on any atom is 0.303 e. The first-order valence-electron chi connectivity index (χ1n) is 10.2. The largest absolute Gasteiger partial charge is 0.481 e. The molecule has 2 heterocycles. The molecule has 0 amide bonds. The number of aryl methyl sites for hydroxylation is 1. The van der Waals surface area contributed by atoms with E-state index in [-0.39, 0.29) is 29.4 Å². The predicted molar refractivity (Wildman–Crippen MR) is 110 cm³/mol. The third-order valence-electron chi connectivity index (χ3n) is 5.06. The molecule has 0 aliphatic carbocycles. The highest BCUT2D eigenvalue weighted by Gasteiger charge is 2.26. The van der Waals surface area contributed by atoms with Crippen LogP contribution >= 0.6 is 0 Å². The van der Waals surface area contributed by atoms with E-state index in [0.717, 1.165) is 0 Å². The summed E-state index contributed by atoms with van der Waals surface area (Å²) < 4.78 is 35.4. The van der Waals surface area contributed by atoms with E-state index in [2.05, 4.69) is 9.97 Å². The van der Waals surface area contributed by atoms with Crippen molar-refractivity contribution in [1.82, 2.24) is 9.97 Å². The summed E-state index contributed by atoms with van der Waals surface area (Å²) in [6.45, 7) is 7.12. The van der Waals surface area contributed by atoms with E-state index in [1.807, 2.05) is 13.8 Å². The molecule has 1 saturated heterocycles. The molecule has 2 aromatic rings. The highest BCUT2D eigenvalue weighted by atomic mass is 19.1. The standard InChI is InChI=1S/C22H27F2N3O3/c1-13(2)12-30-19-8-14(3)25-22(26-19)16-10-17(23)21(18(24)11-16)27-6-4-15(5-7-27)9-20(28)29/h8,10-11,13,15H,4-7,9,12H2,1-3H3,(H,28,29). The third-order valence-corrected chi connectivity index (χ3v) is 5.06. The van der Waals surface area contributed by atoms with Crippen molar-refractivity contribution in [3.63, 3.8) is 0 Å². The van der Waals surface area contributed by atoms with Gasteiger partial charge < -0.3 is 14.7 Å². The van der Waals surface area contributed by atoms with Crippen LogP contribution in [-0.2, 0) is 4.79 Å². The van der Waals surface area contributed by atoms with Crippen molar-refractivity contribution in [2.75, 3.05) is 24.6 Å². The summed E-state index contributed by atoms with van der Waals surface area (Å²) in [6, 6.07) is 4.17. The monoisotopic (exact) mass is 419 g/mol. The van der Waals surface area contributed by atoms with E-state index in [1.165, 1.54) is 12.1 Å². The van der Waals surface area contributed by atoms with Gasteiger partial charge in [-0.3, -0.25) is 4.79 Å². The molecule has 0 unspecified atom stereocenters. The minimum atomic E-state index is -0.843. The predicted octanol–water partition coefficient (Wildman–Crippen LogP) is 4.46.